The summed E-state index contributed by atoms with van der Waals surface area (Å²) < 4.78 is 2.26. The molecule has 4 aromatic heterocycles. The second-order valence-electron chi connectivity index (χ2n) is 12.3. The van der Waals surface area contributed by atoms with E-state index >= 15 is 0 Å². The zero-order valence-corrected chi connectivity index (χ0v) is 27.3. The fourth-order valence-corrected chi connectivity index (χ4v) is 6.80. The molecule has 0 atom stereocenters. The Hall–Kier alpha value is -7.23. The topological polar surface area (TPSA) is 80.3 Å². The summed E-state index contributed by atoms with van der Waals surface area (Å²) in [5.41, 5.74) is 12.1. The number of rotatable bonds is 6. The van der Waals surface area contributed by atoms with Crippen molar-refractivity contribution in [3.63, 3.8) is 0 Å². The van der Waals surface area contributed by atoms with E-state index < -0.39 is 0 Å². The van der Waals surface area contributed by atoms with Gasteiger partial charge >= 0.3 is 0 Å². The van der Waals surface area contributed by atoms with Crippen LogP contribution in [0, 0.1) is 11.3 Å². The van der Waals surface area contributed by atoms with Gasteiger partial charge in [-0.05, 0) is 77.4 Å². The van der Waals surface area contributed by atoms with Gasteiger partial charge in [-0.1, -0.05) is 91.0 Å². The summed E-state index contributed by atoms with van der Waals surface area (Å²) in [6.07, 6.45) is 5.41. The molecule has 9 aromatic rings. The van der Waals surface area contributed by atoms with E-state index in [1.54, 1.807) is 12.4 Å². The molecule has 9 rings (SSSR count). The van der Waals surface area contributed by atoms with E-state index in [0.717, 1.165) is 78.0 Å². The van der Waals surface area contributed by atoms with Crippen LogP contribution in [0.2, 0.25) is 0 Å². The van der Waals surface area contributed by atoms with Crippen LogP contribution >= 0.6 is 0 Å². The maximum atomic E-state index is 9.52. The lowest BCUT2D eigenvalue weighted by Gasteiger charge is -2.16. The van der Waals surface area contributed by atoms with E-state index in [4.69, 9.17) is 15.0 Å². The zero-order chi connectivity index (χ0) is 34.1. The lowest BCUT2D eigenvalue weighted by atomic mass is 9.96. The highest BCUT2D eigenvalue weighted by molar-refractivity contribution is 6.09. The van der Waals surface area contributed by atoms with Crippen LogP contribution in [0.5, 0.6) is 0 Å². The van der Waals surface area contributed by atoms with Crippen LogP contribution < -0.4 is 0 Å². The molecule has 0 fully saturated rings. The Balaban J connectivity index is 1.12. The van der Waals surface area contributed by atoms with Gasteiger partial charge in [0.25, 0.3) is 0 Å². The highest BCUT2D eigenvalue weighted by Gasteiger charge is 2.21. The molecule has 0 aliphatic heterocycles. The minimum absolute atomic E-state index is 0.613. The van der Waals surface area contributed by atoms with Gasteiger partial charge in [0.1, 0.15) is 5.69 Å². The molecule has 6 heteroatoms. The fourth-order valence-electron chi connectivity index (χ4n) is 6.80. The first-order valence-electron chi connectivity index (χ1n) is 16.7. The van der Waals surface area contributed by atoms with Gasteiger partial charge in [-0.25, -0.2) is 9.97 Å². The SMILES string of the molecule is N#Cc1ccc2c(c1)c1ccccc1n2-c1ccc(-c2ccc(-c3nc(-c4cccnc4)c(-c4ccccc4)c(-c4ccccn4)n3)cc2)cc1. The number of nitrogens with zero attached hydrogens (tertiary/aromatic N) is 6. The summed E-state index contributed by atoms with van der Waals surface area (Å²) in [4.78, 5) is 19.5. The van der Waals surface area contributed by atoms with E-state index in [9.17, 15) is 5.26 Å². The molecule has 6 nitrogen and oxygen atoms in total. The molecule has 4 heterocycles. The maximum absolute atomic E-state index is 9.52. The number of aromatic nitrogens is 5. The monoisotopic (exact) mass is 652 g/mol. The standard InChI is InChI=1S/C45H28N6/c46-28-30-15-24-41-38(27-30)37-12-4-5-14-40(37)51(41)36-22-20-32(21-23-36)31-16-18-34(19-17-31)45-49-43(35-11-8-25-47-29-35)42(33-9-2-1-3-10-33)44(50-45)39-13-6-7-26-48-39/h1-27,29H. The zero-order valence-electron chi connectivity index (χ0n) is 27.3. The molecule has 0 radical (unpaired) electrons. The number of pyridine rings is 2. The Kier molecular flexibility index (Phi) is 7.42. The molecule has 5 aromatic carbocycles. The average molecular weight is 653 g/mol. The summed E-state index contributed by atoms with van der Waals surface area (Å²) in [6, 6.07) is 53.6. The molecule has 0 amide bonds. The first-order chi connectivity index (χ1) is 25.2. The van der Waals surface area contributed by atoms with Crippen molar-refractivity contribution in [3.05, 3.63) is 176 Å². The third-order valence-electron chi connectivity index (χ3n) is 9.22. The van der Waals surface area contributed by atoms with Gasteiger partial charge < -0.3 is 4.57 Å². The molecule has 0 spiro atoms. The molecule has 0 aliphatic carbocycles. The lowest BCUT2D eigenvalue weighted by Crippen LogP contribution is -2.01. The average Bonchev–Trinajstić information content (AvgIpc) is 3.55. The molecule has 0 N–H and O–H groups in total. The number of hydrogen-bond acceptors (Lipinski definition) is 5. The minimum Gasteiger partial charge on any atom is -0.309 e. The Bertz CT molecular complexity index is 2650. The van der Waals surface area contributed by atoms with Crippen LogP contribution in [0.25, 0.3) is 83.8 Å². The van der Waals surface area contributed by atoms with Gasteiger partial charge in [0.15, 0.2) is 5.82 Å². The van der Waals surface area contributed by atoms with E-state index in [-0.39, 0.29) is 0 Å². The van der Waals surface area contributed by atoms with Gasteiger partial charge in [0.05, 0.1) is 34.1 Å². The van der Waals surface area contributed by atoms with Gasteiger partial charge in [-0.15, -0.1) is 0 Å². The van der Waals surface area contributed by atoms with Gasteiger partial charge in [-0.3, -0.25) is 9.97 Å². The quantitative estimate of drug-likeness (QED) is 0.179. The Morgan fingerprint density at radius 3 is 1.94 bits per heavy atom. The number of hydrogen-bond donors (Lipinski definition) is 0. The molecular weight excluding hydrogens is 625 g/mol. The second kappa shape index (κ2) is 12.7. The van der Waals surface area contributed by atoms with Gasteiger partial charge in [0.2, 0.25) is 0 Å². The first kappa shape index (κ1) is 29.9. The predicted octanol–water partition coefficient (Wildman–Crippen LogP) is 10.6. The Morgan fingerprint density at radius 1 is 0.510 bits per heavy atom. The Morgan fingerprint density at radius 2 is 1.20 bits per heavy atom. The number of benzene rings is 5. The molecule has 0 saturated carbocycles. The molecule has 51 heavy (non-hydrogen) atoms. The number of fused-ring (bicyclic) bond motifs is 3. The largest absolute Gasteiger partial charge is 0.309 e. The van der Waals surface area contributed by atoms with Crippen LogP contribution in [0.15, 0.2) is 170 Å². The summed E-state index contributed by atoms with van der Waals surface area (Å²) in [7, 11) is 0. The molecule has 0 aliphatic rings. The lowest BCUT2D eigenvalue weighted by molar-refractivity contribution is 1.16. The first-order valence-corrected chi connectivity index (χ1v) is 16.7. The van der Waals surface area contributed by atoms with Crippen molar-refractivity contribution in [2.45, 2.75) is 0 Å². The molecular formula is C45H28N6. The molecule has 0 saturated heterocycles. The van der Waals surface area contributed by atoms with Crippen molar-refractivity contribution in [1.29, 1.82) is 5.26 Å². The van der Waals surface area contributed by atoms with Crippen LogP contribution in [-0.4, -0.2) is 24.5 Å². The maximum Gasteiger partial charge on any atom is 0.160 e. The van der Waals surface area contributed by atoms with Crippen LogP contribution in [0.4, 0.5) is 0 Å². The smallest absolute Gasteiger partial charge is 0.160 e. The molecule has 0 bridgehead atoms. The highest BCUT2D eigenvalue weighted by Crippen LogP contribution is 2.39. The van der Waals surface area contributed by atoms with Gasteiger partial charge in [-0.2, -0.15) is 5.26 Å². The van der Waals surface area contributed by atoms with Crippen molar-refractivity contribution >= 4 is 21.8 Å². The third kappa shape index (κ3) is 5.40. The van der Waals surface area contributed by atoms with E-state index in [1.807, 2.05) is 79.0 Å². The highest BCUT2D eigenvalue weighted by atomic mass is 15.0. The van der Waals surface area contributed by atoms with E-state index in [2.05, 4.69) is 94.5 Å². The number of para-hydroxylation sites is 1. The minimum atomic E-state index is 0.613. The van der Waals surface area contributed by atoms with Crippen molar-refractivity contribution in [2.24, 2.45) is 0 Å². The van der Waals surface area contributed by atoms with Crippen molar-refractivity contribution < 1.29 is 0 Å². The van der Waals surface area contributed by atoms with Crippen molar-refractivity contribution in [2.75, 3.05) is 0 Å². The summed E-state index contributed by atoms with van der Waals surface area (Å²) >= 11 is 0. The van der Waals surface area contributed by atoms with Crippen LogP contribution in [0.3, 0.4) is 0 Å². The Labute approximate surface area is 294 Å². The van der Waals surface area contributed by atoms with Crippen molar-refractivity contribution in [3.8, 4) is 68.0 Å². The predicted molar refractivity (Wildman–Crippen MR) is 204 cm³/mol. The van der Waals surface area contributed by atoms with E-state index in [1.165, 1.54) is 0 Å². The second-order valence-corrected chi connectivity index (χ2v) is 12.3. The van der Waals surface area contributed by atoms with E-state index in [0.29, 0.717) is 11.4 Å². The normalized spacial score (nSPS) is 11.1. The van der Waals surface area contributed by atoms with Crippen LogP contribution in [0.1, 0.15) is 5.56 Å². The molecule has 238 valence electrons. The third-order valence-corrected chi connectivity index (χ3v) is 9.22. The van der Waals surface area contributed by atoms with Crippen molar-refractivity contribution in [1.82, 2.24) is 24.5 Å². The summed E-state index contributed by atoms with van der Waals surface area (Å²) in [6.45, 7) is 0. The van der Waals surface area contributed by atoms with Crippen LogP contribution in [-0.2, 0) is 0 Å². The fraction of sp³-hybridized carbons (Fsp3) is 0. The molecule has 0 unspecified atom stereocenters. The summed E-state index contributed by atoms with van der Waals surface area (Å²) in [5, 5.41) is 11.7. The van der Waals surface area contributed by atoms with Gasteiger partial charge in [0, 0.05) is 51.7 Å². The summed E-state index contributed by atoms with van der Waals surface area (Å²) in [5.74, 6) is 0.613. The number of nitriles is 1.